The first-order valence-corrected chi connectivity index (χ1v) is 8.13. The highest BCUT2D eigenvalue weighted by Crippen LogP contribution is 2.18. The van der Waals surface area contributed by atoms with E-state index < -0.39 is 23.4 Å². The topological polar surface area (TPSA) is 114 Å². The van der Waals surface area contributed by atoms with E-state index in [-0.39, 0.29) is 30.6 Å². The maximum absolute atomic E-state index is 12.4. The number of hydrogen-bond donors (Lipinski definition) is 0. The monoisotopic (exact) mass is 367 g/mol. The molecule has 0 fully saturated rings. The zero-order chi connectivity index (χ0) is 19.6. The molecule has 0 aromatic heterocycles. The van der Waals surface area contributed by atoms with Crippen molar-refractivity contribution in [1.82, 2.24) is 0 Å². The molecule has 0 radical (unpaired) electrons. The summed E-state index contributed by atoms with van der Waals surface area (Å²) >= 11 is 0. The van der Waals surface area contributed by atoms with Crippen LogP contribution in [0.15, 0.2) is 54.6 Å². The number of amides is 1. The van der Waals surface area contributed by atoms with Gasteiger partial charge in [-0.25, -0.2) is 0 Å². The maximum atomic E-state index is 12.4. The van der Waals surface area contributed by atoms with Crippen LogP contribution in [-0.4, -0.2) is 30.0 Å². The molecule has 0 aliphatic carbocycles. The fourth-order valence-electron chi connectivity index (χ4n) is 2.43. The van der Waals surface area contributed by atoms with Gasteiger partial charge in [-0.1, -0.05) is 36.4 Å². The van der Waals surface area contributed by atoms with Crippen molar-refractivity contribution in [3.05, 3.63) is 70.3 Å². The van der Waals surface area contributed by atoms with Crippen molar-refractivity contribution in [3.63, 3.8) is 0 Å². The average Bonchev–Trinajstić information content (AvgIpc) is 2.67. The fraction of sp³-hybridized carbons (Fsp3) is 0.211. The summed E-state index contributed by atoms with van der Waals surface area (Å²) in [5, 5.41) is 19.8. The third-order valence-electron chi connectivity index (χ3n) is 3.70. The molecule has 8 nitrogen and oxygen atoms in total. The number of ether oxygens (including phenoxy) is 1. The zero-order valence-corrected chi connectivity index (χ0v) is 14.4. The molecule has 0 saturated heterocycles. The molecule has 0 unspecified atom stereocenters. The number of esters is 1. The minimum Gasteiger partial charge on any atom is -0.455 e. The van der Waals surface area contributed by atoms with Crippen LogP contribution in [0.2, 0.25) is 0 Å². The lowest BCUT2D eigenvalue weighted by Crippen LogP contribution is -2.35. The number of nitrogens with zero attached hydrogens (tertiary/aromatic N) is 3. The van der Waals surface area contributed by atoms with E-state index in [0.717, 1.165) is 0 Å². The van der Waals surface area contributed by atoms with Gasteiger partial charge in [-0.3, -0.25) is 19.7 Å². The summed E-state index contributed by atoms with van der Waals surface area (Å²) in [5.74, 6) is -1.22. The third-order valence-corrected chi connectivity index (χ3v) is 3.70. The lowest BCUT2D eigenvalue weighted by molar-refractivity contribution is -0.385. The second kappa shape index (κ2) is 9.68. The Bertz CT molecular complexity index is 861. The lowest BCUT2D eigenvalue weighted by Gasteiger charge is -2.21. The maximum Gasteiger partial charge on any atom is 0.311 e. The summed E-state index contributed by atoms with van der Waals surface area (Å²) in [6, 6.07) is 16.5. The number of carbonyl (C=O) groups excluding carboxylic acids is 2. The van der Waals surface area contributed by atoms with Crippen LogP contribution in [0.25, 0.3) is 0 Å². The molecule has 0 bridgehead atoms. The van der Waals surface area contributed by atoms with Crippen LogP contribution in [0, 0.1) is 21.4 Å². The normalized spacial score (nSPS) is 9.89. The average molecular weight is 367 g/mol. The zero-order valence-electron chi connectivity index (χ0n) is 14.4. The Morgan fingerprint density at radius 2 is 1.78 bits per heavy atom. The first-order chi connectivity index (χ1) is 13.0. The molecule has 138 valence electrons. The van der Waals surface area contributed by atoms with Crippen LogP contribution in [0.4, 0.5) is 11.4 Å². The Labute approximate surface area is 155 Å². The summed E-state index contributed by atoms with van der Waals surface area (Å²) in [4.78, 5) is 36.2. The molecule has 27 heavy (non-hydrogen) atoms. The van der Waals surface area contributed by atoms with Crippen LogP contribution in [-0.2, 0) is 20.7 Å². The summed E-state index contributed by atoms with van der Waals surface area (Å²) in [7, 11) is 0. The standard InChI is InChI=1S/C19H17N3O5/c20-11-6-12-21(16-8-2-1-3-9-16)18(23)14-27-19(24)13-15-7-4-5-10-17(15)22(25)26/h1-5,7-10H,6,12-14H2. The predicted octanol–water partition coefficient (Wildman–Crippen LogP) is 2.63. The van der Waals surface area contributed by atoms with Crippen LogP contribution >= 0.6 is 0 Å². The van der Waals surface area contributed by atoms with Gasteiger partial charge in [0.25, 0.3) is 11.6 Å². The van der Waals surface area contributed by atoms with E-state index in [1.807, 2.05) is 6.07 Å². The van der Waals surface area contributed by atoms with Crippen molar-refractivity contribution in [1.29, 1.82) is 5.26 Å². The van der Waals surface area contributed by atoms with Crippen LogP contribution in [0.3, 0.4) is 0 Å². The van der Waals surface area contributed by atoms with Gasteiger partial charge in [0.1, 0.15) is 0 Å². The highest BCUT2D eigenvalue weighted by Gasteiger charge is 2.20. The summed E-state index contributed by atoms with van der Waals surface area (Å²) < 4.78 is 4.99. The smallest absolute Gasteiger partial charge is 0.311 e. The van der Waals surface area contributed by atoms with Gasteiger partial charge in [0.2, 0.25) is 0 Å². The van der Waals surface area contributed by atoms with E-state index in [9.17, 15) is 19.7 Å². The molecule has 2 rings (SSSR count). The summed E-state index contributed by atoms with van der Waals surface area (Å²) in [6.07, 6.45) is -0.182. The van der Waals surface area contributed by atoms with Gasteiger partial charge in [0.15, 0.2) is 6.61 Å². The van der Waals surface area contributed by atoms with Crippen LogP contribution in [0.1, 0.15) is 12.0 Å². The molecular formula is C19H17N3O5. The minimum atomic E-state index is -0.744. The van der Waals surface area contributed by atoms with Crippen molar-refractivity contribution >= 4 is 23.3 Å². The highest BCUT2D eigenvalue weighted by atomic mass is 16.6. The largest absolute Gasteiger partial charge is 0.455 e. The second-order valence-electron chi connectivity index (χ2n) is 5.51. The molecular weight excluding hydrogens is 350 g/mol. The molecule has 8 heteroatoms. The fourth-order valence-corrected chi connectivity index (χ4v) is 2.43. The number of nitro groups is 1. The lowest BCUT2D eigenvalue weighted by atomic mass is 10.1. The number of benzene rings is 2. The van der Waals surface area contributed by atoms with Gasteiger partial charge in [-0.05, 0) is 12.1 Å². The number of rotatable bonds is 8. The van der Waals surface area contributed by atoms with Crippen molar-refractivity contribution in [3.8, 4) is 6.07 Å². The first-order valence-electron chi connectivity index (χ1n) is 8.13. The van der Waals surface area contributed by atoms with E-state index in [4.69, 9.17) is 10.00 Å². The van der Waals surface area contributed by atoms with E-state index in [2.05, 4.69) is 0 Å². The molecule has 0 saturated carbocycles. The summed E-state index contributed by atoms with van der Waals surface area (Å²) in [5.41, 5.74) is 0.623. The molecule has 0 aliphatic heterocycles. The molecule has 0 heterocycles. The second-order valence-corrected chi connectivity index (χ2v) is 5.51. The van der Waals surface area contributed by atoms with E-state index in [1.54, 1.807) is 36.4 Å². The Morgan fingerprint density at radius 1 is 1.11 bits per heavy atom. The Morgan fingerprint density at radius 3 is 2.44 bits per heavy atom. The predicted molar refractivity (Wildman–Crippen MR) is 96.8 cm³/mol. The molecule has 0 aliphatic rings. The number of hydrogen-bond acceptors (Lipinski definition) is 6. The van der Waals surface area contributed by atoms with Gasteiger partial charge in [0.05, 0.1) is 23.8 Å². The summed E-state index contributed by atoms with van der Waals surface area (Å²) in [6.45, 7) is -0.346. The molecule has 0 N–H and O–H groups in total. The van der Waals surface area contributed by atoms with Gasteiger partial charge >= 0.3 is 5.97 Å². The molecule has 1 amide bonds. The Kier molecular flexibility index (Phi) is 7.02. The number of nitro benzene ring substituents is 1. The molecule has 0 atom stereocenters. The van der Waals surface area contributed by atoms with E-state index >= 15 is 0 Å². The van der Waals surface area contributed by atoms with Crippen LogP contribution in [0.5, 0.6) is 0 Å². The molecule has 2 aromatic carbocycles. The van der Waals surface area contributed by atoms with Gasteiger partial charge in [0, 0.05) is 23.9 Å². The Balaban J connectivity index is 1.99. The van der Waals surface area contributed by atoms with Crippen molar-refractivity contribution in [2.75, 3.05) is 18.1 Å². The van der Waals surface area contributed by atoms with Crippen molar-refractivity contribution < 1.29 is 19.2 Å². The number of anilines is 1. The first kappa shape index (κ1) is 19.6. The number of nitriles is 1. The highest BCUT2D eigenvalue weighted by molar-refractivity contribution is 5.95. The van der Waals surface area contributed by atoms with Gasteiger partial charge < -0.3 is 9.64 Å². The third kappa shape index (κ3) is 5.64. The van der Waals surface area contributed by atoms with E-state index in [1.165, 1.54) is 23.1 Å². The number of carbonyl (C=O) groups is 2. The van der Waals surface area contributed by atoms with Gasteiger partial charge in [-0.15, -0.1) is 0 Å². The Hall–Kier alpha value is -3.73. The SMILES string of the molecule is N#CCCN(C(=O)COC(=O)Cc1ccccc1[N+](=O)[O-])c1ccccc1. The van der Waals surface area contributed by atoms with Gasteiger partial charge in [-0.2, -0.15) is 5.26 Å². The van der Waals surface area contributed by atoms with Crippen molar-refractivity contribution in [2.45, 2.75) is 12.8 Å². The van der Waals surface area contributed by atoms with E-state index in [0.29, 0.717) is 5.69 Å². The molecule has 2 aromatic rings. The minimum absolute atomic E-state index is 0.130. The quantitative estimate of drug-likeness (QED) is 0.402. The molecule has 0 spiro atoms. The van der Waals surface area contributed by atoms with Crippen molar-refractivity contribution in [2.24, 2.45) is 0 Å². The number of para-hydroxylation sites is 2. The van der Waals surface area contributed by atoms with Crippen LogP contribution < -0.4 is 4.90 Å².